The highest BCUT2D eigenvalue weighted by atomic mass is 32.1. The third-order valence-corrected chi connectivity index (χ3v) is 5.70. The molecule has 2 amide bonds. The smallest absolute Gasteiger partial charge is 0.261 e. The first-order chi connectivity index (χ1) is 13.1. The predicted molar refractivity (Wildman–Crippen MR) is 108 cm³/mol. The fourth-order valence-electron chi connectivity index (χ4n) is 2.42. The van der Waals surface area contributed by atoms with Crippen molar-refractivity contribution in [3.05, 3.63) is 56.8 Å². The van der Waals surface area contributed by atoms with Crippen LogP contribution in [0.3, 0.4) is 0 Å². The molecule has 3 aromatic heterocycles. The Kier molecular flexibility index (Phi) is 6.67. The Hall–Kier alpha value is -2.58. The number of nitrogens with one attached hydrogen (secondary N) is 2. The van der Waals surface area contributed by atoms with Gasteiger partial charge in [0.05, 0.1) is 22.1 Å². The van der Waals surface area contributed by atoms with Crippen LogP contribution in [0.4, 0.5) is 0 Å². The van der Waals surface area contributed by atoms with E-state index in [9.17, 15) is 9.59 Å². The number of carbonyl (C=O) groups is 2. The van der Waals surface area contributed by atoms with Gasteiger partial charge in [-0.2, -0.15) is 0 Å². The number of amides is 2. The van der Waals surface area contributed by atoms with Crippen LogP contribution >= 0.6 is 22.7 Å². The van der Waals surface area contributed by atoms with Gasteiger partial charge in [0.2, 0.25) is 5.91 Å². The van der Waals surface area contributed by atoms with Gasteiger partial charge in [-0.1, -0.05) is 0 Å². The number of carbonyl (C=O) groups excluding carboxylic acids is 2. The van der Waals surface area contributed by atoms with E-state index in [1.165, 1.54) is 11.3 Å². The van der Waals surface area contributed by atoms with Gasteiger partial charge in [0, 0.05) is 41.2 Å². The molecular weight excluding hydrogens is 380 g/mol. The summed E-state index contributed by atoms with van der Waals surface area (Å²) in [6.45, 7) is 2.48. The number of hydrogen-bond acceptors (Lipinski definition) is 6. The molecule has 6 nitrogen and oxygen atoms in total. The molecule has 0 saturated carbocycles. The van der Waals surface area contributed by atoms with E-state index < -0.39 is 0 Å². The average Bonchev–Trinajstić information content (AvgIpc) is 3.33. The Balaban J connectivity index is 1.35. The maximum Gasteiger partial charge on any atom is 0.261 e. The highest BCUT2D eigenvalue weighted by Crippen LogP contribution is 2.21. The Labute approximate surface area is 165 Å². The lowest BCUT2D eigenvalue weighted by atomic mass is 10.2. The van der Waals surface area contributed by atoms with Crippen LogP contribution in [-0.4, -0.2) is 34.9 Å². The van der Waals surface area contributed by atoms with Crippen LogP contribution in [0.5, 0.6) is 0 Å². The number of aromatic nitrogens is 2. The molecule has 0 aliphatic carbocycles. The van der Waals surface area contributed by atoms with Crippen molar-refractivity contribution >= 4 is 34.5 Å². The first kappa shape index (κ1) is 19.2. The second kappa shape index (κ2) is 9.38. The van der Waals surface area contributed by atoms with Crippen molar-refractivity contribution in [2.75, 3.05) is 13.1 Å². The summed E-state index contributed by atoms with van der Waals surface area (Å²) in [4.78, 5) is 34.1. The van der Waals surface area contributed by atoms with Crippen LogP contribution in [0.2, 0.25) is 0 Å². The van der Waals surface area contributed by atoms with Crippen LogP contribution in [0.1, 0.15) is 26.0 Å². The Bertz CT molecular complexity index is 905. The third-order valence-electron chi connectivity index (χ3n) is 3.79. The summed E-state index contributed by atoms with van der Waals surface area (Å²) in [7, 11) is 0. The van der Waals surface area contributed by atoms with Gasteiger partial charge in [0.15, 0.2) is 0 Å². The Morgan fingerprint density at radius 1 is 1.11 bits per heavy atom. The molecule has 0 aliphatic heterocycles. The molecule has 8 heteroatoms. The lowest BCUT2D eigenvalue weighted by Gasteiger charge is -2.05. The molecule has 0 aromatic carbocycles. The number of pyridine rings is 1. The molecule has 3 aromatic rings. The van der Waals surface area contributed by atoms with Crippen LogP contribution in [0.15, 0.2) is 42.0 Å². The largest absolute Gasteiger partial charge is 0.355 e. The molecule has 2 N–H and O–H groups in total. The van der Waals surface area contributed by atoms with Gasteiger partial charge in [-0.25, -0.2) is 4.98 Å². The number of hydrogen-bond donors (Lipinski definition) is 2. The van der Waals surface area contributed by atoms with Gasteiger partial charge < -0.3 is 10.6 Å². The van der Waals surface area contributed by atoms with E-state index in [1.54, 1.807) is 29.8 Å². The molecule has 140 valence electrons. The van der Waals surface area contributed by atoms with E-state index in [4.69, 9.17) is 0 Å². The lowest BCUT2D eigenvalue weighted by molar-refractivity contribution is -0.120. The second-order valence-electron chi connectivity index (χ2n) is 5.91. The number of thiazole rings is 1. The van der Waals surface area contributed by atoms with Crippen molar-refractivity contribution in [1.82, 2.24) is 20.6 Å². The van der Waals surface area contributed by atoms with Gasteiger partial charge in [-0.3, -0.25) is 14.6 Å². The van der Waals surface area contributed by atoms with E-state index in [0.29, 0.717) is 11.4 Å². The van der Waals surface area contributed by atoms with E-state index in [1.807, 2.05) is 30.5 Å². The normalized spacial score (nSPS) is 10.6. The van der Waals surface area contributed by atoms with E-state index in [2.05, 4.69) is 20.6 Å². The minimum atomic E-state index is -0.213. The summed E-state index contributed by atoms with van der Waals surface area (Å²) in [5.74, 6) is -0.400. The number of aryl methyl sites for hydroxylation is 2. The molecule has 0 bridgehead atoms. The van der Waals surface area contributed by atoms with Crippen LogP contribution in [0.25, 0.3) is 11.3 Å². The van der Waals surface area contributed by atoms with Crippen LogP contribution in [0, 0.1) is 6.92 Å². The topological polar surface area (TPSA) is 84.0 Å². The molecule has 0 atom stereocenters. The molecular formula is C19H20N4O2S2. The minimum Gasteiger partial charge on any atom is -0.355 e. The first-order valence-electron chi connectivity index (χ1n) is 8.58. The zero-order valence-corrected chi connectivity index (χ0v) is 16.5. The fourth-order valence-corrected chi connectivity index (χ4v) is 4.05. The second-order valence-corrected chi connectivity index (χ2v) is 8.14. The summed E-state index contributed by atoms with van der Waals surface area (Å²) < 4.78 is 0. The number of rotatable bonds is 8. The molecule has 27 heavy (non-hydrogen) atoms. The van der Waals surface area contributed by atoms with E-state index >= 15 is 0 Å². The zero-order valence-electron chi connectivity index (χ0n) is 14.9. The first-order valence-corrected chi connectivity index (χ1v) is 10.3. The van der Waals surface area contributed by atoms with Gasteiger partial charge in [0.25, 0.3) is 5.91 Å². The average molecular weight is 401 g/mol. The van der Waals surface area contributed by atoms with Crippen LogP contribution in [-0.2, 0) is 11.2 Å². The van der Waals surface area contributed by atoms with Crippen molar-refractivity contribution in [3.8, 4) is 11.3 Å². The molecule has 0 spiro atoms. The molecule has 3 rings (SSSR count). The third kappa shape index (κ3) is 5.70. The van der Waals surface area contributed by atoms with Crippen molar-refractivity contribution in [2.45, 2.75) is 19.8 Å². The maximum atomic E-state index is 11.9. The molecule has 0 fully saturated rings. The van der Waals surface area contributed by atoms with Crippen LogP contribution < -0.4 is 10.6 Å². The Morgan fingerprint density at radius 2 is 1.93 bits per heavy atom. The SMILES string of the molecule is Cc1ccc(C(=O)NCC(=O)NCCCc2nc(-c3ccncc3)cs2)s1. The summed E-state index contributed by atoms with van der Waals surface area (Å²) in [5, 5.41) is 8.53. The molecule has 0 saturated heterocycles. The predicted octanol–water partition coefficient (Wildman–Crippen LogP) is 3.05. The highest BCUT2D eigenvalue weighted by molar-refractivity contribution is 7.13. The van der Waals surface area contributed by atoms with Crippen molar-refractivity contribution in [2.24, 2.45) is 0 Å². The summed E-state index contributed by atoms with van der Waals surface area (Å²) in [6, 6.07) is 7.52. The van der Waals surface area contributed by atoms with E-state index in [0.717, 1.165) is 34.0 Å². The fraction of sp³-hybridized carbons (Fsp3) is 0.263. The van der Waals surface area contributed by atoms with Crippen molar-refractivity contribution < 1.29 is 9.59 Å². The summed E-state index contributed by atoms with van der Waals surface area (Å²) >= 11 is 3.03. The maximum absolute atomic E-state index is 11.9. The minimum absolute atomic E-state index is 0.0147. The Morgan fingerprint density at radius 3 is 2.67 bits per heavy atom. The van der Waals surface area contributed by atoms with Crippen molar-refractivity contribution in [3.63, 3.8) is 0 Å². The molecule has 0 aliphatic rings. The van der Waals surface area contributed by atoms with E-state index in [-0.39, 0.29) is 18.4 Å². The molecule has 0 unspecified atom stereocenters. The van der Waals surface area contributed by atoms with Gasteiger partial charge in [-0.15, -0.1) is 22.7 Å². The van der Waals surface area contributed by atoms with Gasteiger partial charge in [0.1, 0.15) is 0 Å². The van der Waals surface area contributed by atoms with Gasteiger partial charge in [-0.05, 0) is 37.6 Å². The lowest BCUT2D eigenvalue weighted by Crippen LogP contribution is -2.37. The summed E-state index contributed by atoms with van der Waals surface area (Å²) in [6.07, 6.45) is 5.11. The number of thiophene rings is 1. The monoisotopic (exact) mass is 400 g/mol. The molecule has 0 radical (unpaired) electrons. The highest BCUT2D eigenvalue weighted by Gasteiger charge is 2.10. The standard InChI is InChI=1S/C19H20N4O2S2/c1-13-4-5-16(27-13)19(25)22-11-17(24)21-8-2-3-18-23-15(12-26-18)14-6-9-20-10-7-14/h4-7,9-10,12H,2-3,8,11H2,1H3,(H,21,24)(H,22,25). The summed E-state index contributed by atoms with van der Waals surface area (Å²) in [5.41, 5.74) is 2.01. The molecule has 3 heterocycles. The van der Waals surface area contributed by atoms with Gasteiger partial charge >= 0.3 is 0 Å². The quantitative estimate of drug-likeness (QED) is 0.569. The number of nitrogens with zero attached hydrogens (tertiary/aromatic N) is 2. The zero-order chi connectivity index (χ0) is 19.1. The van der Waals surface area contributed by atoms with Crippen molar-refractivity contribution in [1.29, 1.82) is 0 Å².